The molecule has 2 aromatic rings. The highest BCUT2D eigenvalue weighted by Gasteiger charge is 2.08. The Morgan fingerprint density at radius 3 is 2.85 bits per heavy atom. The molecular weight excluding hydrogens is 276 g/mol. The van der Waals surface area contributed by atoms with Gasteiger partial charge in [-0.2, -0.15) is 0 Å². The fourth-order valence-electron chi connectivity index (χ4n) is 1.84. The molecule has 0 bridgehead atoms. The molecule has 0 unspecified atom stereocenters. The van der Waals surface area contributed by atoms with Crippen LogP contribution in [-0.2, 0) is 16.0 Å². The van der Waals surface area contributed by atoms with E-state index in [1.807, 2.05) is 25.1 Å². The third kappa shape index (κ3) is 3.77. The van der Waals surface area contributed by atoms with Crippen LogP contribution in [0.25, 0.3) is 10.2 Å². The van der Waals surface area contributed by atoms with Crippen LogP contribution in [-0.4, -0.2) is 22.0 Å². The summed E-state index contributed by atoms with van der Waals surface area (Å²) in [4.78, 5) is 26.4. The van der Waals surface area contributed by atoms with Crippen LogP contribution in [0.4, 0.5) is 5.13 Å². The topological polar surface area (TPSA) is 79.3 Å². The summed E-state index contributed by atoms with van der Waals surface area (Å²) < 4.78 is 0.958. The summed E-state index contributed by atoms with van der Waals surface area (Å²) in [5.41, 5.74) is 1.79. The summed E-state index contributed by atoms with van der Waals surface area (Å²) in [7, 11) is 0. The molecule has 0 spiro atoms. The van der Waals surface area contributed by atoms with Gasteiger partial charge >= 0.3 is 5.97 Å². The molecule has 6 heteroatoms. The van der Waals surface area contributed by atoms with Gasteiger partial charge in [0.05, 0.1) is 10.2 Å². The van der Waals surface area contributed by atoms with E-state index in [1.54, 1.807) is 0 Å². The Labute approximate surface area is 120 Å². The van der Waals surface area contributed by atoms with Crippen molar-refractivity contribution < 1.29 is 14.7 Å². The first-order valence-corrected chi connectivity index (χ1v) is 7.31. The van der Waals surface area contributed by atoms with Gasteiger partial charge in [0, 0.05) is 12.8 Å². The van der Waals surface area contributed by atoms with Crippen molar-refractivity contribution in [1.29, 1.82) is 0 Å². The predicted octanol–water partition coefficient (Wildman–Crippen LogP) is 3.05. The summed E-state index contributed by atoms with van der Waals surface area (Å²) in [5.74, 6) is -0.834. The quantitative estimate of drug-likeness (QED) is 0.857. The number of benzene rings is 1. The molecule has 0 fully saturated rings. The lowest BCUT2D eigenvalue weighted by atomic mass is 10.1. The van der Waals surface area contributed by atoms with E-state index in [2.05, 4.69) is 10.3 Å². The fourth-order valence-corrected chi connectivity index (χ4v) is 2.78. The van der Waals surface area contributed by atoms with Crippen molar-refractivity contribution in [1.82, 2.24) is 4.98 Å². The van der Waals surface area contributed by atoms with Crippen molar-refractivity contribution in [3.63, 3.8) is 0 Å². The van der Waals surface area contributed by atoms with Crippen molar-refractivity contribution in [2.75, 3.05) is 5.32 Å². The number of aromatic nitrogens is 1. The SMILES string of the molecule is CCCC(=O)Nc1nc2ccc(CCC(=O)O)cc2s1. The number of anilines is 1. The van der Waals surface area contributed by atoms with Crippen molar-refractivity contribution in [2.24, 2.45) is 0 Å². The maximum atomic E-state index is 11.5. The molecule has 2 N–H and O–H groups in total. The van der Waals surface area contributed by atoms with E-state index < -0.39 is 5.97 Å². The van der Waals surface area contributed by atoms with E-state index in [-0.39, 0.29) is 12.3 Å². The Hall–Kier alpha value is -1.95. The minimum Gasteiger partial charge on any atom is -0.481 e. The van der Waals surface area contributed by atoms with E-state index >= 15 is 0 Å². The summed E-state index contributed by atoms with van der Waals surface area (Å²) in [6, 6.07) is 5.67. The average Bonchev–Trinajstić information content (AvgIpc) is 2.77. The van der Waals surface area contributed by atoms with Crippen LogP contribution in [0.2, 0.25) is 0 Å². The smallest absolute Gasteiger partial charge is 0.303 e. The second kappa shape index (κ2) is 6.47. The average molecular weight is 292 g/mol. The molecule has 5 nitrogen and oxygen atoms in total. The van der Waals surface area contributed by atoms with E-state index in [4.69, 9.17) is 5.11 Å². The Balaban J connectivity index is 2.13. The Kier molecular flexibility index (Phi) is 4.68. The van der Waals surface area contributed by atoms with Gasteiger partial charge in [0.1, 0.15) is 0 Å². The van der Waals surface area contributed by atoms with Crippen molar-refractivity contribution in [3.8, 4) is 0 Å². The van der Waals surface area contributed by atoms with Gasteiger partial charge in [0.2, 0.25) is 5.91 Å². The number of carboxylic acid groups (broad SMARTS) is 1. The zero-order valence-corrected chi connectivity index (χ0v) is 12.0. The minimum atomic E-state index is -0.804. The van der Waals surface area contributed by atoms with Crippen molar-refractivity contribution in [2.45, 2.75) is 32.6 Å². The third-order valence-electron chi connectivity index (χ3n) is 2.80. The second-order valence-corrected chi connectivity index (χ2v) is 5.54. The second-order valence-electron chi connectivity index (χ2n) is 4.51. The van der Waals surface area contributed by atoms with Crippen LogP contribution in [0.15, 0.2) is 18.2 Å². The molecule has 0 saturated carbocycles. The van der Waals surface area contributed by atoms with E-state index in [9.17, 15) is 9.59 Å². The van der Waals surface area contributed by atoms with E-state index in [0.29, 0.717) is 18.0 Å². The number of thiazole rings is 1. The lowest BCUT2D eigenvalue weighted by Gasteiger charge is -1.97. The highest BCUT2D eigenvalue weighted by Crippen LogP contribution is 2.27. The summed E-state index contributed by atoms with van der Waals surface area (Å²) in [6.45, 7) is 1.95. The normalized spacial score (nSPS) is 10.7. The molecule has 0 atom stereocenters. The lowest BCUT2D eigenvalue weighted by molar-refractivity contribution is -0.137. The standard InChI is InChI=1S/C14H16N2O3S/c1-2-3-12(17)16-14-15-10-6-4-9(5-7-13(18)19)8-11(10)20-14/h4,6,8H,2-3,5,7H2,1H3,(H,18,19)(H,15,16,17). The molecule has 1 heterocycles. The van der Waals surface area contributed by atoms with Crippen LogP contribution in [0.1, 0.15) is 31.7 Å². The molecule has 0 saturated heterocycles. The third-order valence-corrected chi connectivity index (χ3v) is 3.74. The minimum absolute atomic E-state index is 0.0299. The molecule has 0 radical (unpaired) electrons. The van der Waals surface area contributed by atoms with Crippen LogP contribution >= 0.6 is 11.3 Å². The highest BCUT2D eigenvalue weighted by molar-refractivity contribution is 7.22. The molecule has 2 rings (SSSR count). The van der Waals surface area contributed by atoms with Gasteiger partial charge in [0.25, 0.3) is 0 Å². The zero-order valence-electron chi connectivity index (χ0n) is 11.2. The van der Waals surface area contributed by atoms with E-state index in [0.717, 1.165) is 22.2 Å². The molecule has 1 aromatic heterocycles. The number of amides is 1. The number of nitrogens with zero attached hydrogens (tertiary/aromatic N) is 1. The summed E-state index contributed by atoms with van der Waals surface area (Å²) >= 11 is 1.41. The predicted molar refractivity (Wildman–Crippen MR) is 79.1 cm³/mol. The fraction of sp³-hybridized carbons (Fsp3) is 0.357. The number of rotatable bonds is 6. The summed E-state index contributed by atoms with van der Waals surface area (Å²) in [5, 5.41) is 12.1. The molecule has 106 valence electrons. The van der Waals surface area contributed by atoms with Crippen LogP contribution in [0.5, 0.6) is 0 Å². The van der Waals surface area contributed by atoms with Crippen LogP contribution < -0.4 is 5.32 Å². The van der Waals surface area contributed by atoms with Crippen molar-refractivity contribution >= 4 is 38.6 Å². The number of carboxylic acids is 1. The van der Waals surface area contributed by atoms with Gasteiger partial charge in [-0.15, -0.1) is 0 Å². The first kappa shape index (κ1) is 14.5. The van der Waals surface area contributed by atoms with Gasteiger partial charge < -0.3 is 10.4 Å². The highest BCUT2D eigenvalue weighted by atomic mass is 32.1. The Bertz CT molecular complexity index is 636. The van der Waals surface area contributed by atoms with E-state index in [1.165, 1.54) is 11.3 Å². The van der Waals surface area contributed by atoms with Gasteiger partial charge in [-0.05, 0) is 30.5 Å². The monoisotopic (exact) mass is 292 g/mol. The number of aryl methyl sites for hydroxylation is 1. The van der Waals surface area contributed by atoms with Gasteiger partial charge in [-0.25, -0.2) is 4.98 Å². The molecule has 1 aromatic carbocycles. The van der Waals surface area contributed by atoms with Crippen LogP contribution in [0.3, 0.4) is 0 Å². The number of nitrogens with one attached hydrogen (secondary N) is 1. The Morgan fingerprint density at radius 2 is 2.15 bits per heavy atom. The lowest BCUT2D eigenvalue weighted by Crippen LogP contribution is -2.09. The molecule has 0 aliphatic heterocycles. The maximum Gasteiger partial charge on any atom is 0.303 e. The molecule has 20 heavy (non-hydrogen) atoms. The molecule has 1 amide bonds. The number of fused-ring (bicyclic) bond motifs is 1. The number of hydrogen-bond acceptors (Lipinski definition) is 4. The first-order valence-electron chi connectivity index (χ1n) is 6.49. The Morgan fingerprint density at radius 1 is 1.35 bits per heavy atom. The van der Waals surface area contributed by atoms with Gasteiger partial charge in [-0.1, -0.05) is 24.3 Å². The molecular formula is C14H16N2O3S. The number of hydrogen-bond donors (Lipinski definition) is 2. The van der Waals surface area contributed by atoms with Crippen molar-refractivity contribution in [3.05, 3.63) is 23.8 Å². The molecule has 0 aliphatic rings. The first-order chi connectivity index (χ1) is 9.58. The number of carbonyl (C=O) groups excluding carboxylic acids is 1. The number of aliphatic carboxylic acids is 1. The van der Waals surface area contributed by atoms with Gasteiger partial charge in [-0.3, -0.25) is 9.59 Å². The largest absolute Gasteiger partial charge is 0.481 e. The maximum absolute atomic E-state index is 11.5. The summed E-state index contributed by atoms with van der Waals surface area (Å²) in [6.07, 6.45) is 1.90. The van der Waals surface area contributed by atoms with Crippen LogP contribution in [0, 0.1) is 0 Å². The zero-order chi connectivity index (χ0) is 14.5. The number of carbonyl (C=O) groups is 2. The van der Waals surface area contributed by atoms with Gasteiger partial charge in [0.15, 0.2) is 5.13 Å². The molecule has 0 aliphatic carbocycles.